The molecule has 6 heteroatoms. The van der Waals surface area contributed by atoms with Crippen LogP contribution in [0.3, 0.4) is 0 Å². The molecule has 0 aliphatic carbocycles. The topological polar surface area (TPSA) is 95.9 Å². The molecular weight excluding hydrogens is 923 g/mol. The highest BCUT2D eigenvalue weighted by Gasteiger charge is 2.20. The normalized spacial score (nSPS) is 12.6. The van der Waals surface area contributed by atoms with Crippen LogP contribution in [0.1, 0.15) is 380 Å². The Bertz CT molecular complexity index is 1170. The minimum absolute atomic E-state index is 0.00148. The molecule has 0 saturated heterocycles. The fraction of sp³-hybridized carbons (Fsp3) is 0.913. The molecule has 0 fully saturated rings. The third kappa shape index (κ3) is 61.4. The summed E-state index contributed by atoms with van der Waals surface area (Å²) in [7, 11) is 0. The molecule has 0 radical (unpaired) electrons. The molecular formula is C69H133NO5. The number of hydrogen-bond acceptors (Lipinski definition) is 5. The molecule has 0 heterocycles. The first-order chi connectivity index (χ1) is 37.0. The number of hydrogen-bond donors (Lipinski definition) is 3. The predicted molar refractivity (Wildman–Crippen MR) is 329 cm³/mol. The fourth-order valence-electron chi connectivity index (χ4n) is 10.7. The highest BCUT2D eigenvalue weighted by atomic mass is 16.5. The fourth-order valence-corrected chi connectivity index (χ4v) is 10.7. The molecule has 1 amide bonds. The van der Waals surface area contributed by atoms with Crippen molar-refractivity contribution in [3.8, 4) is 0 Å². The van der Waals surface area contributed by atoms with Crippen LogP contribution in [0, 0.1) is 0 Å². The molecule has 2 atom stereocenters. The summed E-state index contributed by atoms with van der Waals surface area (Å²) < 4.78 is 5.47. The Morgan fingerprint density at radius 1 is 0.360 bits per heavy atom. The van der Waals surface area contributed by atoms with Crippen LogP contribution in [0.15, 0.2) is 24.3 Å². The van der Waals surface area contributed by atoms with Crippen molar-refractivity contribution in [3.63, 3.8) is 0 Å². The van der Waals surface area contributed by atoms with Crippen molar-refractivity contribution in [2.24, 2.45) is 0 Å². The lowest BCUT2D eigenvalue weighted by Gasteiger charge is -2.22. The largest absolute Gasteiger partial charge is 0.466 e. The van der Waals surface area contributed by atoms with Gasteiger partial charge in [-0.3, -0.25) is 9.59 Å². The van der Waals surface area contributed by atoms with E-state index in [0.29, 0.717) is 25.9 Å². The molecule has 6 nitrogen and oxygen atoms in total. The first-order valence-corrected chi connectivity index (χ1v) is 34.1. The van der Waals surface area contributed by atoms with Gasteiger partial charge in [0.1, 0.15) is 0 Å². The molecule has 0 rings (SSSR count). The number of unbranched alkanes of at least 4 members (excludes halogenated alkanes) is 49. The van der Waals surface area contributed by atoms with Crippen molar-refractivity contribution < 1.29 is 24.5 Å². The summed E-state index contributed by atoms with van der Waals surface area (Å²) in [5, 5.41) is 23.4. The molecule has 0 aromatic carbocycles. The van der Waals surface area contributed by atoms with Gasteiger partial charge in [-0.15, -0.1) is 0 Å². The van der Waals surface area contributed by atoms with Crippen LogP contribution in [-0.2, 0) is 14.3 Å². The number of allylic oxidation sites excluding steroid dienone is 4. The Kier molecular flexibility index (Phi) is 63.4. The van der Waals surface area contributed by atoms with Crippen molar-refractivity contribution in [3.05, 3.63) is 24.3 Å². The van der Waals surface area contributed by atoms with Gasteiger partial charge in [0, 0.05) is 12.8 Å². The Morgan fingerprint density at radius 2 is 0.627 bits per heavy atom. The molecule has 0 aliphatic rings. The number of carbonyl (C=O) groups is 2. The van der Waals surface area contributed by atoms with E-state index < -0.39 is 12.1 Å². The molecule has 0 bridgehead atoms. The number of rotatable bonds is 64. The Morgan fingerprint density at radius 3 is 0.960 bits per heavy atom. The van der Waals surface area contributed by atoms with E-state index in [-0.39, 0.29) is 18.5 Å². The van der Waals surface area contributed by atoms with E-state index >= 15 is 0 Å². The average molecular weight is 1060 g/mol. The number of amides is 1. The first-order valence-electron chi connectivity index (χ1n) is 34.1. The number of aliphatic hydroxyl groups excluding tert-OH is 2. The van der Waals surface area contributed by atoms with E-state index in [1.165, 1.54) is 302 Å². The van der Waals surface area contributed by atoms with Gasteiger partial charge in [-0.25, -0.2) is 0 Å². The lowest BCUT2D eigenvalue weighted by molar-refractivity contribution is -0.143. The highest BCUT2D eigenvalue weighted by Crippen LogP contribution is 2.18. The van der Waals surface area contributed by atoms with Crippen LogP contribution in [0.2, 0.25) is 0 Å². The maximum Gasteiger partial charge on any atom is 0.305 e. The average Bonchev–Trinajstić information content (AvgIpc) is 3.41. The minimum Gasteiger partial charge on any atom is -0.466 e. The second kappa shape index (κ2) is 64.9. The van der Waals surface area contributed by atoms with Gasteiger partial charge in [-0.05, 0) is 77.0 Å². The summed E-state index contributed by atoms with van der Waals surface area (Å²) in [4.78, 5) is 24.6. The molecule has 0 aliphatic heterocycles. The molecule has 2 unspecified atom stereocenters. The third-order valence-corrected chi connectivity index (χ3v) is 16.0. The Labute approximate surface area is 469 Å². The van der Waals surface area contributed by atoms with Gasteiger partial charge in [0.25, 0.3) is 0 Å². The number of carbonyl (C=O) groups excluding carboxylic acids is 2. The van der Waals surface area contributed by atoms with Crippen LogP contribution in [-0.4, -0.2) is 47.4 Å². The first kappa shape index (κ1) is 73.3. The van der Waals surface area contributed by atoms with E-state index in [1.807, 2.05) is 0 Å². The highest BCUT2D eigenvalue weighted by molar-refractivity contribution is 5.76. The number of ether oxygens (including phenoxy) is 1. The van der Waals surface area contributed by atoms with Gasteiger partial charge in [-0.2, -0.15) is 0 Å². The standard InChI is InChI=1S/C69H133NO5/c1-3-5-7-9-11-13-15-17-18-19-20-21-22-25-28-31-34-38-41-45-49-53-57-61-67(72)66(65-71)70-68(73)62-58-54-50-46-42-39-35-32-29-26-23-24-27-30-33-36-40-44-48-52-56-60-64-75-69(74)63-59-55-51-47-43-37-16-14-12-10-8-6-4-2/h14,16,26,29,66-67,71-72H,3-13,15,17-25,27-28,30-65H2,1-2H3,(H,70,73)/b16-14-,29-26-. The zero-order valence-electron chi connectivity index (χ0n) is 50.8. The van der Waals surface area contributed by atoms with Gasteiger partial charge >= 0.3 is 5.97 Å². The van der Waals surface area contributed by atoms with Gasteiger partial charge in [0.2, 0.25) is 5.91 Å². The van der Waals surface area contributed by atoms with Gasteiger partial charge in [-0.1, -0.05) is 314 Å². The second-order valence-corrected chi connectivity index (χ2v) is 23.5. The van der Waals surface area contributed by atoms with Crippen LogP contribution < -0.4 is 5.32 Å². The van der Waals surface area contributed by atoms with Crippen LogP contribution in [0.4, 0.5) is 0 Å². The van der Waals surface area contributed by atoms with Crippen molar-refractivity contribution in [2.45, 2.75) is 392 Å². The van der Waals surface area contributed by atoms with Crippen molar-refractivity contribution in [1.29, 1.82) is 0 Å². The maximum absolute atomic E-state index is 12.5. The minimum atomic E-state index is -0.670. The summed E-state index contributed by atoms with van der Waals surface area (Å²) in [5.41, 5.74) is 0. The molecule has 0 aromatic rings. The SMILES string of the molecule is CCCCCC/C=C\CCCCCCCC(=O)OCCCCCCCCCCCCC/C=C\CCCCCCCCCC(=O)NC(CO)C(O)CCCCCCCCCCCCCCCCCCCCCCCCC. The molecule has 444 valence electrons. The second-order valence-electron chi connectivity index (χ2n) is 23.5. The van der Waals surface area contributed by atoms with Crippen molar-refractivity contribution in [2.75, 3.05) is 13.2 Å². The number of esters is 1. The molecule has 0 saturated carbocycles. The van der Waals surface area contributed by atoms with Crippen LogP contribution >= 0.6 is 0 Å². The van der Waals surface area contributed by atoms with E-state index in [9.17, 15) is 19.8 Å². The monoisotopic (exact) mass is 1060 g/mol. The summed E-state index contributed by atoms with van der Waals surface area (Å²) in [6.07, 6.45) is 80.7. The Balaban J connectivity index is 3.42. The number of aliphatic hydroxyl groups is 2. The van der Waals surface area contributed by atoms with Gasteiger partial charge < -0.3 is 20.3 Å². The van der Waals surface area contributed by atoms with Crippen molar-refractivity contribution in [1.82, 2.24) is 5.32 Å². The van der Waals surface area contributed by atoms with Gasteiger partial charge in [0.15, 0.2) is 0 Å². The Hall–Kier alpha value is -1.66. The smallest absolute Gasteiger partial charge is 0.305 e. The van der Waals surface area contributed by atoms with Crippen molar-refractivity contribution >= 4 is 11.9 Å². The molecule has 75 heavy (non-hydrogen) atoms. The summed E-state index contributed by atoms with van der Waals surface area (Å²) >= 11 is 0. The van der Waals surface area contributed by atoms with E-state index in [1.54, 1.807) is 0 Å². The van der Waals surface area contributed by atoms with E-state index in [0.717, 1.165) is 44.9 Å². The van der Waals surface area contributed by atoms with E-state index in [4.69, 9.17) is 4.74 Å². The summed E-state index contributed by atoms with van der Waals surface area (Å²) in [5.74, 6) is -0.0364. The van der Waals surface area contributed by atoms with Crippen LogP contribution in [0.5, 0.6) is 0 Å². The maximum atomic E-state index is 12.5. The quantitative estimate of drug-likeness (QED) is 0.0320. The molecule has 0 aromatic heterocycles. The van der Waals surface area contributed by atoms with Gasteiger partial charge in [0.05, 0.1) is 25.4 Å². The lowest BCUT2D eigenvalue weighted by Crippen LogP contribution is -2.45. The number of nitrogens with one attached hydrogen (secondary N) is 1. The summed E-state index contributed by atoms with van der Waals surface area (Å²) in [6.45, 7) is 4.96. The third-order valence-electron chi connectivity index (χ3n) is 16.0. The summed E-state index contributed by atoms with van der Waals surface area (Å²) in [6, 6.07) is -0.548. The zero-order valence-corrected chi connectivity index (χ0v) is 50.8. The van der Waals surface area contributed by atoms with Crippen LogP contribution in [0.25, 0.3) is 0 Å². The molecule has 0 spiro atoms. The zero-order chi connectivity index (χ0) is 54.3. The predicted octanol–water partition coefficient (Wildman–Crippen LogP) is 21.8. The lowest BCUT2D eigenvalue weighted by atomic mass is 10.0. The molecule has 3 N–H and O–H groups in total. The van der Waals surface area contributed by atoms with E-state index in [2.05, 4.69) is 43.5 Å².